The Morgan fingerprint density at radius 3 is 2.62 bits per heavy atom. The van der Waals surface area contributed by atoms with E-state index in [1.165, 1.54) is 6.20 Å². The largest absolute Gasteiger partial charge is 0.338 e. The van der Waals surface area contributed by atoms with Crippen molar-refractivity contribution in [2.75, 3.05) is 26.2 Å². The van der Waals surface area contributed by atoms with Crippen molar-refractivity contribution >= 4 is 5.91 Å². The van der Waals surface area contributed by atoms with E-state index in [0.29, 0.717) is 44.3 Å². The highest BCUT2D eigenvalue weighted by Gasteiger charge is 2.28. The summed E-state index contributed by atoms with van der Waals surface area (Å²) in [5.74, 6) is 1.01. The lowest BCUT2D eigenvalue weighted by Crippen LogP contribution is -2.50. The zero-order valence-corrected chi connectivity index (χ0v) is 16.2. The number of hydrogen-bond donors (Lipinski definition) is 1. The number of H-pyrrole nitrogens is 1. The fourth-order valence-electron chi connectivity index (χ4n) is 3.52. The van der Waals surface area contributed by atoms with Crippen LogP contribution in [-0.2, 0) is 6.42 Å². The van der Waals surface area contributed by atoms with Crippen molar-refractivity contribution in [1.29, 1.82) is 0 Å². The second-order valence-electron chi connectivity index (χ2n) is 7.13. The van der Waals surface area contributed by atoms with Gasteiger partial charge in [0.2, 0.25) is 5.89 Å². The Morgan fingerprint density at radius 1 is 1.14 bits per heavy atom. The molecule has 1 unspecified atom stereocenters. The Labute approximate surface area is 168 Å². The molecule has 1 N–H and O–H groups in total. The Morgan fingerprint density at radius 2 is 1.90 bits per heavy atom. The number of nitrogens with zero attached hydrogens (tertiary/aromatic N) is 4. The first-order valence-electron chi connectivity index (χ1n) is 9.69. The highest BCUT2D eigenvalue weighted by Crippen LogP contribution is 2.21. The predicted molar refractivity (Wildman–Crippen MR) is 107 cm³/mol. The van der Waals surface area contributed by atoms with Gasteiger partial charge in [-0.3, -0.25) is 14.5 Å². The van der Waals surface area contributed by atoms with Crippen molar-refractivity contribution in [3.8, 4) is 0 Å². The van der Waals surface area contributed by atoms with Crippen LogP contribution in [0.25, 0.3) is 0 Å². The van der Waals surface area contributed by atoms with Gasteiger partial charge in [-0.1, -0.05) is 35.5 Å². The van der Waals surface area contributed by atoms with E-state index < -0.39 is 0 Å². The third-order valence-corrected chi connectivity index (χ3v) is 5.24. The van der Waals surface area contributed by atoms with Crippen LogP contribution in [0.3, 0.4) is 0 Å². The zero-order valence-electron chi connectivity index (χ0n) is 16.2. The highest BCUT2D eigenvalue weighted by atomic mass is 16.5. The molecule has 0 bridgehead atoms. The Bertz CT molecular complexity index is 1020. The number of carbonyl (C=O) groups is 1. The van der Waals surface area contributed by atoms with Crippen LogP contribution >= 0.6 is 0 Å². The molecule has 1 aromatic carbocycles. The first-order chi connectivity index (χ1) is 14.1. The van der Waals surface area contributed by atoms with Crippen LogP contribution in [0.5, 0.6) is 0 Å². The number of rotatable bonds is 5. The number of nitrogens with one attached hydrogen (secondary N) is 1. The third kappa shape index (κ3) is 4.27. The Hall–Kier alpha value is -3.26. The first kappa shape index (κ1) is 19.1. The summed E-state index contributed by atoms with van der Waals surface area (Å²) in [7, 11) is 0. The zero-order chi connectivity index (χ0) is 20.2. The minimum absolute atomic E-state index is 0.0376. The van der Waals surface area contributed by atoms with Crippen molar-refractivity contribution in [2.24, 2.45) is 0 Å². The fraction of sp³-hybridized carbons (Fsp3) is 0.333. The average molecular weight is 393 g/mol. The van der Waals surface area contributed by atoms with Gasteiger partial charge in [0.05, 0.1) is 6.04 Å². The third-order valence-electron chi connectivity index (χ3n) is 5.24. The van der Waals surface area contributed by atoms with Gasteiger partial charge >= 0.3 is 0 Å². The molecule has 1 atom stereocenters. The summed E-state index contributed by atoms with van der Waals surface area (Å²) in [4.78, 5) is 35.5. The predicted octanol–water partition coefficient (Wildman–Crippen LogP) is 1.87. The molecule has 3 heterocycles. The van der Waals surface area contributed by atoms with Gasteiger partial charge in [-0.2, -0.15) is 4.98 Å². The monoisotopic (exact) mass is 393 g/mol. The lowest BCUT2D eigenvalue weighted by atomic mass is 10.1. The lowest BCUT2D eigenvalue weighted by molar-refractivity contribution is 0.0550. The number of aromatic nitrogens is 3. The summed E-state index contributed by atoms with van der Waals surface area (Å²) in [6.07, 6.45) is 2.15. The van der Waals surface area contributed by atoms with E-state index in [-0.39, 0.29) is 23.1 Å². The van der Waals surface area contributed by atoms with Gasteiger partial charge in [0, 0.05) is 38.8 Å². The molecule has 150 valence electrons. The molecule has 8 nitrogen and oxygen atoms in total. The molecule has 8 heteroatoms. The molecule has 29 heavy (non-hydrogen) atoms. The van der Waals surface area contributed by atoms with Gasteiger partial charge in [0.1, 0.15) is 5.56 Å². The van der Waals surface area contributed by atoms with Gasteiger partial charge in [0.25, 0.3) is 11.5 Å². The molecule has 1 saturated heterocycles. The second-order valence-corrected chi connectivity index (χ2v) is 7.13. The van der Waals surface area contributed by atoms with Crippen molar-refractivity contribution in [1.82, 2.24) is 24.9 Å². The fourth-order valence-corrected chi connectivity index (χ4v) is 3.52. The molecule has 0 spiro atoms. The van der Waals surface area contributed by atoms with Crippen molar-refractivity contribution in [2.45, 2.75) is 19.4 Å². The number of pyridine rings is 1. The van der Waals surface area contributed by atoms with Crippen LogP contribution < -0.4 is 5.56 Å². The van der Waals surface area contributed by atoms with E-state index in [1.54, 1.807) is 17.0 Å². The highest BCUT2D eigenvalue weighted by molar-refractivity contribution is 5.93. The molecule has 3 aromatic rings. The summed E-state index contributed by atoms with van der Waals surface area (Å²) in [6, 6.07) is 13.2. The van der Waals surface area contributed by atoms with Crippen LogP contribution in [0.2, 0.25) is 0 Å². The summed E-state index contributed by atoms with van der Waals surface area (Å²) in [5.41, 5.74) is 0.956. The normalized spacial score (nSPS) is 16.0. The smallest absolute Gasteiger partial charge is 0.260 e. The van der Waals surface area contributed by atoms with E-state index >= 15 is 0 Å². The number of hydrogen-bond acceptors (Lipinski definition) is 6. The average Bonchev–Trinajstić information content (AvgIpc) is 3.22. The SMILES string of the molecule is CC(c1nc(Cc2ccccc2)no1)N1CCN(C(=O)c2ccc[nH]c2=O)CC1. The van der Waals surface area contributed by atoms with Crippen molar-refractivity contribution in [3.05, 3.63) is 81.9 Å². The summed E-state index contributed by atoms with van der Waals surface area (Å²) < 4.78 is 5.48. The van der Waals surface area contributed by atoms with Crippen LogP contribution in [0.4, 0.5) is 0 Å². The summed E-state index contributed by atoms with van der Waals surface area (Å²) in [6.45, 7) is 4.46. The maximum Gasteiger partial charge on any atom is 0.260 e. The Balaban J connectivity index is 1.36. The lowest BCUT2D eigenvalue weighted by Gasteiger charge is -2.36. The molecule has 0 aliphatic carbocycles. The first-order valence-corrected chi connectivity index (χ1v) is 9.69. The van der Waals surface area contributed by atoms with Gasteiger partial charge in [0.15, 0.2) is 5.82 Å². The molecule has 1 aliphatic heterocycles. The van der Waals surface area contributed by atoms with Gasteiger partial charge in [-0.25, -0.2) is 0 Å². The molecule has 2 aromatic heterocycles. The maximum atomic E-state index is 12.6. The molecule has 4 rings (SSSR count). The van der Waals surface area contributed by atoms with Crippen LogP contribution in [-0.4, -0.2) is 57.0 Å². The quantitative estimate of drug-likeness (QED) is 0.711. The number of amides is 1. The van der Waals surface area contributed by atoms with E-state index in [1.807, 2.05) is 37.3 Å². The molecule has 0 saturated carbocycles. The molecular weight excluding hydrogens is 370 g/mol. The van der Waals surface area contributed by atoms with Crippen LogP contribution in [0, 0.1) is 0 Å². The molecule has 0 radical (unpaired) electrons. The van der Waals surface area contributed by atoms with E-state index in [9.17, 15) is 9.59 Å². The minimum atomic E-state index is -0.356. The number of piperazine rings is 1. The molecule has 1 fully saturated rings. The van der Waals surface area contributed by atoms with Crippen molar-refractivity contribution < 1.29 is 9.32 Å². The standard InChI is InChI=1S/C21H23N5O3/c1-15(20-23-18(24-29-20)14-16-6-3-2-4-7-16)25-10-12-26(13-11-25)21(28)17-8-5-9-22-19(17)27/h2-9,15H,10-14H2,1H3,(H,22,27). The van der Waals surface area contributed by atoms with Crippen LogP contribution in [0.1, 0.15) is 40.6 Å². The molecule has 1 amide bonds. The van der Waals surface area contributed by atoms with E-state index in [2.05, 4.69) is 20.0 Å². The van der Waals surface area contributed by atoms with Crippen LogP contribution in [0.15, 0.2) is 58.0 Å². The number of aromatic amines is 1. The number of carbonyl (C=O) groups excluding carboxylic acids is 1. The second kappa shape index (κ2) is 8.40. The minimum Gasteiger partial charge on any atom is -0.338 e. The van der Waals surface area contributed by atoms with Crippen molar-refractivity contribution in [3.63, 3.8) is 0 Å². The number of benzene rings is 1. The molecular formula is C21H23N5O3. The summed E-state index contributed by atoms with van der Waals surface area (Å²) >= 11 is 0. The maximum absolute atomic E-state index is 12.6. The summed E-state index contributed by atoms with van der Waals surface area (Å²) in [5, 5.41) is 4.10. The van der Waals surface area contributed by atoms with E-state index in [0.717, 1.165) is 5.56 Å². The van der Waals surface area contributed by atoms with E-state index in [4.69, 9.17) is 4.52 Å². The Kier molecular flexibility index (Phi) is 5.53. The topological polar surface area (TPSA) is 95.3 Å². The van der Waals surface area contributed by atoms with Gasteiger partial charge < -0.3 is 14.4 Å². The van der Waals surface area contributed by atoms with Gasteiger partial charge in [-0.15, -0.1) is 0 Å². The molecule has 1 aliphatic rings. The van der Waals surface area contributed by atoms with Gasteiger partial charge in [-0.05, 0) is 24.6 Å².